The van der Waals surface area contributed by atoms with E-state index in [0.29, 0.717) is 17.8 Å². The first-order chi connectivity index (χ1) is 13.6. The fraction of sp³-hybridized carbons (Fsp3) is 0.400. The monoisotopic (exact) mass is 395 g/mol. The van der Waals surface area contributed by atoms with Crippen molar-refractivity contribution in [2.75, 3.05) is 17.6 Å². The zero-order valence-electron chi connectivity index (χ0n) is 16.2. The Labute approximate surface area is 169 Å². The van der Waals surface area contributed by atoms with E-state index < -0.39 is 0 Å². The number of piperidine rings is 1. The second-order valence-corrected chi connectivity index (χ2v) is 8.01. The smallest absolute Gasteiger partial charge is 0.232 e. The molecule has 0 aliphatic carbocycles. The lowest BCUT2D eigenvalue weighted by Gasteiger charge is -2.38. The molecule has 1 saturated heterocycles. The van der Waals surface area contributed by atoms with Gasteiger partial charge in [0.1, 0.15) is 5.01 Å². The Morgan fingerprint density at radius 2 is 1.96 bits per heavy atom. The molecule has 0 radical (unpaired) electrons. The van der Waals surface area contributed by atoms with Gasteiger partial charge in [0.25, 0.3) is 0 Å². The normalized spacial score (nSPS) is 18.7. The van der Waals surface area contributed by atoms with Crippen LogP contribution in [0.5, 0.6) is 0 Å². The molecule has 146 valence electrons. The highest BCUT2D eigenvalue weighted by Gasteiger charge is 2.32. The lowest BCUT2D eigenvalue weighted by atomic mass is 10.00. The van der Waals surface area contributed by atoms with Crippen LogP contribution in [0.15, 0.2) is 35.7 Å². The van der Waals surface area contributed by atoms with Gasteiger partial charge in [0, 0.05) is 16.8 Å². The summed E-state index contributed by atoms with van der Waals surface area (Å²) in [6.45, 7) is 5.18. The van der Waals surface area contributed by atoms with Crippen LogP contribution in [0.3, 0.4) is 0 Å². The fourth-order valence-corrected chi connectivity index (χ4v) is 4.61. The van der Waals surface area contributed by atoms with Crippen LogP contribution >= 0.6 is 11.3 Å². The third kappa shape index (κ3) is 4.13. The molecule has 3 aromatic rings. The van der Waals surface area contributed by atoms with Gasteiger partial charge in [0.2, 0.25) is 11.9 Å². The van der Waals surface area contributed by atoms with Crippen molar-refractivity contribution in [3.63, 3.8) is 0 Å². The first-order valence-corrected chi connectivity index (χ1v) is 10.5. The number of benzene rings is 1. The molecule has 1 aliphatic rings. The molecule has 1 aliphatic heterocycles. The van der Waals surface area contributed by atoms with Gasteiger partial charge in [-0.25, -0.2) is 4.98 Å². The number of aryl methyl sites for hydroxylation is 1. The number of nitrogens with zero attached hydrogens (tertiary/aromatic N) is 5. The number of anilines is 3. The Balaban J connectivity index is 1.60. The molecule has 3 heterocycles. The maximum absolute atomic E-state index is 6.00. The van der Waals surface area contributed by atoms with E-state index in [-0.39, 0.29) is 12.0 Å². The molecular formula is C20H25N7S. The Hall–Kier alpha value is -2.58. The minimum Gasteiger partial charge on any atom is -0.368 e. The zero-order chi connectivity index (χ0) is 19.5. The summed E-state index contributed by atoms with van der Waals surface area (Å²) in [5, 5.41) is 6.51. The highest BCUT2D eigenvalue weighted by Crippen LogP contribution is 2.38. The van der Waals surface area contributed by atoms with E-state index in [1.807, 2.05) is 37.3 Å². The minimum atomic E-state index is 0.0242. The summed E-state index contributed by atoms with van der Waals surface area (Å²) >= 11 is 1.74. The van der Waals surface area contributed by atoms with Crippen LogP contribution < -0.4 is 11.1 Å². The largest absolute Gasteiger partial charge is 0.368 e. The van der Waals surface area contributed by atoms with Crippen LogP contribution in [-0.2, 0) is 0 Å². The van der Waals surface area contributed by atoms with Crippen molar-refractivity contribution in [2.24, 2.45) is 0 Å². The van der Waals surface area contributed by atoms with E-state index in [4.69, 9.17) is 10.7 Å². The molecule has 2 aromatic heterocycles. The molecule has 7 nitrogen and oxygen atoms in total. The molecule has 0 saturated carbocycles. The first kappa shape index (κ1) is 18.8. The van der Waals surface area contributed by atoms with Crippen LogP contribution in [0.2, 0.25) is 0 Å². The Bertz CT molecular complexity index is 927. The fourth-order valence-electron chi connectivity index (χ4n) is 3.66. The summed E-state index contributed by atoms with van der Waals surface area (Å²) in [6, 6.07) is 10.2. The second-order valence-electron chi connectivity index (χ2n) is 7.12. The van der Waals surface area contributed by atoms with E-state index in [0.717, 1.165) is 24.3 Å². The van der Waals surface area contributed by atoms with Crippen molar-refractivity contribution >= 4 is 28.9 Å². The van der Waals surface area contributed by atoms with Gasteiger partial charge < -0.3 is 11.1 Å². The predicted octanol–water partition coefficient (Wildman–Crippen LogP) is 4.25. The van der Waals surface area contributed by atoms with Gasteiger partial charge in [-0.05, 0) is 45.4 Å². The van der Waals surface area contributed by atoms with Gasteiger partial charge in [0.05, 0.1) is 12.1 Å². The van der Waals surface area contributed by atoms with Crippen LogP contribution in [-0.4, -0.2) is 31.4 Å². The number of hydrogen-bond acceptors (Lipinski definition) is 8. The van der Waals surface area contributed by atoms with Crippen LogP contribution in [0.4, 0.5) is 17.6 Å². The van der Waals surface area contributed by atoms with Crippen molar-refractivity contribution in [2.45, 2.75) is 45.2 Å². The molecular weight excluding hydrogens is 370 g/mol. The highest BCUT2D eigenvalue weighted by atomic mass is 32.1. The number of aromatic nitrogens is 4. The quantitative estimate of drug-likeness (QED) is 0.667. The average Bonchev–Trinajstić information content (AvgIpc) is 3.14. The second kappa shape index (κ2) is 8.20. The molecule has 2 atom stereocenters. The molecule has 1 aromatic carbocycles. The molecule has 4 rings (SSSR count). The van der Waals surface area contributed by atoms with Crippen LogP contribution in [0.1, 0.15) is 54.8 Å². The molecule has 0 bridgehead atoms. The number of nitrogens with one attached hydrogen (secondary N) is 1. The topological polar surface area (TPSA) is 92.9 Å². The van der Waals surface area contributed by atoms with Crippen molar-refractivity contribution in [3.8, 4) is 0 Å². The van der Waals surface area contributed by atoms with Crippen molar-refractivity contribution in [3.05, 3.63) is 52.2 Å². The standard InChI is InChI=1S/C20H25N7S/c1-13-12-28-18(22-13)16-10-6-7-11-27(16)14(2)17-24-19(21)26-20(25-17)23-15-8-4-3-5-9-15/h3-5,8-9,12,14,16H,6-7,10-11H2,1-2H3,(H3,21,23,24,25,26)/t14-,16+/m0/s1. The van der Waals surface area contributed by atoms with E-state index in [1.165, 1.54) is 17.8 Å². The molecule has 0 amide bonds. The molecule has 0 spiro atoms. The third-order valence-electron chi connectivity index (χ3n) is 5.04. The summed E-state index contributed by atoms with van der Waals surface area (Å²) < 4.78 is 0. The van der Waals surface area contributed by atoms with Gasteiger partial charge in [-0.3, -0.25) is 4.90 Å². The van der Waals surface area contributed by atoms with Crippen LogP contribution in [0.25, 0.3) is 0 Å². The summed E-state index contributed by atoms with van der Waals surface area (Å²) in [6.07, 6.45) is 3.49. The van der Waals surface area contributed by atoms with Gasteiger partial charge in [-0.2, -0.15) is 15.0 Å². The van der Waals surface area contributed by atoms with E-state index in [2.05, 4.69) is 37.5 Å². The number of para-hydroxylation sites is 1. The summed E-state index contributed by atoms with van der Waals surface area (Å²) in [5.41, 5.74) is 8.00. The summed E-state index contributed by atoms with van der Waals surface area (Å²) in [5.74, 6) is 1.39. The van der Waals surface area contributed by atoms with Gasteiger partial charge in [-0.15, -0.1) is 11.3 Å². The first-order valence-electron chi connectivity index (χ1n) is 9.61. The molecule has 0 unspecified atom stereocenters. The number of thiazole rings is 1. The van der Waals surface area contributed by atoms with Crippen molar-refractivity contribution in [1.82, 2.24) is 24.8 Å². The van der Waals surface area contributed by atoms with Gasteiger partial charge in [-0.1, -0.05) is 24.6 Å². The van der Waals surface area contributed by atoms with Crippen LogP contribution in [0, 0.1) is 6.92 Å². The van der Waals surface area contributed by atoms with E-state index in [9.17, 15) is 0 Å². The maximum atomic E-state index is 6.00. The number of nitrogen functional groups attached to an aromatic ring is 1. The number of rotatable bonds is 5. The van der Waals surface area contributed by atoms with E-state index in [1.54, 1.807) is 11.3 Å². The third-order valence-corrected chi connectivity index (χ3v) is 6.10. The SMILES string of the molecule is Cc1csc([C@H]2CCCCN2[C@@H](C)c2nc(N)nc(Nc3ccccc3)n2)n1. The Morgan fingerprint density at radius 1 is 1.14 bits per heavy atom. The van der Waals surface area contributed by atoms with Gasteiger partial charge >= 0.3 is 0 Å². The van der Waals surface area contributed by atoms with E-state index >= 15 is 0 Å². The summed E-state index contributed by atoms with van der Waals surface area (Å²) in [7, 11) is 0. The lowest BCUT2D eigenvalue weighted by molar-refractivity contribution is 0.0982. The number of likely N-dealkylation sites (tertiary alicyclic amines) is 1. The molecule has 1 fully saturated rings. The average molecular weight is 396 g/mol. The predicted molar refractivity (Wildman–Crippen MR) is 113 cm³/mol. The minimum absolute atomic E-state index is 0.0242. The zero-order valence-corrected chi connectivity index (χ0v) is 17.0. The number of nitrogens with two attached hydrogens (primary N) is 1. The summed E-state index contributed by atoms with van der Waals surface area (Å²) in [4.78, 5) is 20.5. The van der Waals surface area contributed by atoms with Crippen molar-refractivity contribution < 1.29 is 0 Å². The lowest BCUT2D eigenvalue weighted by Crippen LogP contribution is -2.36. The Morgan fingerprint density at radius 3 is 2.71 bits per heavy atom. The molecule has 8 heteroatoms. The van der Waals surface area contributed by atoms with Gasteiger partial charge in [0.15, 0.2) is 5.82 Å². The molecule has 3 N–H and O–H groups in total. The number of hydrogen-bond donors (Lipinski definition) is 2. The Kier molecular flexibility index (Phi) is 5.50. The maximum Gasteiger partial charge on any atom is 0.232 e. The molecule has 28 heavy (non-hydrogen) atoms. The van der Waals surface area contributed by atoms with Crippen molar-refractivity contribution in [1.29, 1.82) is 0 Å². The highest BCUT2D eigenvalue weighted by molar-refractivity contribution is 7.09.